The summed E-state index contributed by atoms with van der Waals surface area (Å²) in [7, 11) is 0. The van der Waals surface area contributed by atoms with Crippen LogP contribution in [0.25, 0.3) is 11.0 Å². The molecule has 0 bridgehead atoms. The minimum Gasteiger partial charge on any atom is -0.339 e. The Morgan fingerprint density at radius 3 is 1.39 bits per heavy atom. The zero-order valence-corrected chi connectivity index (χ0v) is 19.8. The van der Waals surface area contributed by atoms with Gasteiger partial charge in [-0.05, 0) is 34.4 Å². The lowest BCUT2D eigenvalue weighted by atomic mass is 9.62. The molecule has 1 N–H and O–H groups in total. The maximum Gasteiger partial charge on any atom is 0.206 e. The zero-order chi connectivity index (χ0) is 24.0. The number of para-hydroxylation sites is 2. The highest BCUT2D eigenvalue weighted by Crippen LogP contribution is 2.59. The van der Waals surface area contributed by atoms with Gasteiger partial charge in [-0.1, -0.05) is 133 Å². The van der Waals surface area contributed by atoms with Crippen LogP contribution in [-0.4, -0.2) is 9.55 Å². The molecule has 5 aromatic carbocycles. The molecule has 1 aliphatic rings. The molecule has 3 nitrogen and oxygen atoms in total. The van der Waals surface area contributed by atoms with Crippen LogP contribution in [0.3, 0.4) is 0 Å². The van der Waals surface area contributed by atoms with Gasteiger partial charge in [-0.25, -0.2) is 4.98 Å². The monoisotopic (exact) mass is 463 g/mol. The van der Waals surface area contributed by atoms with Crippen molar-refractivity contribution in [2.75, 3.05) is 5.32 Å². The van der Waals surface area contributed by atoms with Crippen LogP contribution in [0.4, 0.5) is 5.95 Å². The van der Waals surface area contributed by atoms with Crippen LogP contribution in [0.2, 0.25) is 0 Å². The molecule has 36 heavy (non-hydrogen) atoms. The number of rotatable bonds is 4. The van der Waals surface area contributed by atoms with Gasteiger partial charge in [0.25, 0.3) is 0 Å². The molecule has 0 fully saturated rings. The molecule has 1 aromatic heterocycles. The lowest BCUT2D eigenvalue weighted by molar-refractivity contribution is 0.338. The molecule has 0 spiro atoms. The largest absolute Gasteiger partial charge is 0.339 e. The molecule has 0 amide bonds. The third kappa shape index (κ3) is 2.65. The second-order valence-electron chi connectivity index (χ2n) is 9.31. The normalized spacial score (nSPS) is 15.3. The van der Waals surface area contributed by atoms with E-state index in [4.69, 9.17) is 4.98 Å². The molecular formula is C33H25N3. The SMILES string of the molecule is c1ccc(C2(c3ccccc3)Nc3nc4ccccc4n3C2(c2ccccc2)c2ccccc2)cc1. The van der Waals surface area contributed by atoms with Gasteiger partial charge in [0.2, 0.25) is 5.95 Å². The van der Waals surface area contributed by atoms with Gasteiger partial charge >= 0.3 is 0 Å². The Labute approximate surface area is 210 Å². The van der Waals surface area contributed by atoms with E-state index in [0.717, 1.165) is 17.0 Å². The summed E-state index contributed by atoms with van der Waals surface area (Å²) in [5.41, 5.74) is 5.50. The third-order valence-electron chi connectivity index (χ3n) is 7.53. The molecule has 0 unspecified atom stereocenters. The number of hydrogen-bond donors (Lipinski definition) is 1. The molecular weight excluding hydrogens is 438 g/mol. The number of fused-ring (bicyclic) bond motifs is 3. The first-order valence-electron chi connectivity index (χ1n) is 12.3. The number of nitrogens with zero attached hydrogens (tertiary/aromatic N) is 2. The maximum absolute atomic E-state index is 5.14. The smallest absolute Gasteiger partial charge is 0.206 e. The van der Waals surface area contributed by atoms with Crippen LogP contribution in [0, 0.1) is 0 Å². The van der Waals surface area contributed by atoms with E-state index in [1.54, 1.807) is 0 Å². The topological polar surface area (TPSA) is 29.9 Å². The third-order valence-corrected chi connectivity index (χ3v) is 7.53. The Morgan fingerprint density at radius 1 is 0.472 bits per heavy atom. The average Bonchev–Trinajstić information content (AvgIpc) is 3.48. The van der Waals surface area contributed by atoms with Crippen molar-refractivity contribution in [1.82, 2.24) is 9.55 Å². The summed E-state index contributed by atoms with van der Waals surface area (Å²) in [6, 6.07) is 51.7. The summed E-state index contributed by atoms with van der Waals surface area (Å²) in [5, 5.41) is 4.01. The highest BCUT2D eigenvalue weighted by molar-refractivity contribution is 5.83. The predicted octanol–water partition coefficient (Wildman–Crippen LogP) is 7.20. The highest BCUT2D eigenvalue weighted by Gasteiger charge is 2.63. The van der Waals surface area contributed by atoms with Crippen molar-refractivity contribution in [2.45, 2.75) is 11.1 Å². The van der Waals surface area contributed by atoms with Crippen LogP contribution < -0.4 is 5.32 Å². The number of aromatic nitrogens is 2. The number of anilines is 1. The van der Waals surface area contributed by atoms with Crippen LogP contribution in [-0.2, 0) is 11.1 Å². The van der Waals surface area contributed by atoms with Crippen LogP contribution in [0.5, 0.6) is 0 Å². The van der Waals surface area contributed by atoms with Crippen molar-refractivity contribution in [1.29, 1.82) is 0 Å². The zero-order valence-electron chi connectivity index (χ0n) is 19.8. The van der Waals surface area contributed by atoms with E-state index >= 15 is 0 Å². The summed E-state index contributed by atoms with van der Waals surface area (Å²) in [6.07, 6.45) is 0. The van der Waals surface area contributed by atoms with Gasteiger partial charge in [-0.3, -0.25) is 4.57 Å². The summed E-state index contributed by atoms with van der Waals surface area (Å²) >= 11 is 0. The Kier molecular flexibility index (Phi) is 4.58. The Balaban J connectivity index is 1.74. The molecule has 0 saturated carbocycles. The fraction of sp³-hybridized carbons (Fsp3) is 0.0606. The van der Waals surface area contributed by atoms with Crippen LogP contribution in [0.15, 0.2) is 146 Å². The number of nitrogens with one attached hydrogen (secondary N) is 1. The molecule has 0 radical (unpaired) electrons. The van der Waals surface area contributed by atoms with Crippen molar-refractivity contribution in [3.8, 4) is 0 Å². The maximum atomic E-state index is 5.14. The summed E-state index contributed by atoms with van der Waals surface area (Å²) in [6.45, 7) is 0. The van der Waals surface area contributed by atoms with Crippen LogP contribution in [0.1, 0.15) is 22.3 Å². The first-order valence-corrected chi connectivity index (χ1v) is 12.3. The summed E-state index contributed by atoms with van der Waals surface area (Å²) in [4.78, 5) is 5.14. The molecule has 0 aliphatic carbocycles. The fourth-order valence-corrected chi connectivity index (χ4v) is 6.20. The molecule has 2 heterocycles. The van der Waals surface area contributed by atoms with Crippen LogP contribution >= 0.6 is 0 Å². The van der Waals surface area contributed by atoms with Gasteiger partial charge in [0.1, 0.15) is 11.1 Å². The molecule has 172 valence electrons. The van der Waals surface area contributed by atoms with E-state index in [1.165, 1.54) is 22.3 Å². The quantitative estimate of drug-likeness (QED) is 0.300. The Bertz CT molecular complexity index is 1560. The minimum atomic E-state index is -0.663. The van der Waals surface area contributed by atoms with Gasteiger partial charge in [0.15, 0.2) is 0 Å². The Morgan fingerprint density at radius 2 is 0.889 bits per heavy atom. The molecule has 1 aliphatic heterocycles. The first-order chi connectivity index (χ1) is 17.9. The second kappa shape index (κ2) is 7.96. The molecule has 7 rings (SSSR count). The lowest BCUT2D eigenvalue weighted by Crippen LogP contribution is -2.54. The number of imidazole rings is 1. The van der Waals surface area contributed by atoms with E-state index in [-0.39, 0.29) is 0 Å². The van der Waals surface area contributed by atoms with Crippen molar-refractivity contribution in [3.05, 3.63) is 168 Å². The predicted molar refractivity (Wildman–Crippen MR) is 146 cm³/mol. The molecule has 6 aromatic rings. The van der Waals surface area contributed by atoms with Gasteiger partial charge in [0, 0.05) is 0 Å². The standard InChI is InChI=1S/C33H25N3/c1-5-15-25(16-6-1)32(26-17-7-2-8-18-26)33(27-19-9-3-10-20-27,28-21-11-4-12-22-28)36-30-24-14-13-23-29(30)34-31(36)35-32/h1-24H,(H,34,35). The van der Waals surface area contributed by atoms with E-state index in [0.29, 0.717) is 0 Å². The van der Waals surface area contributed by atoms with Crippen molar-refractivity contribution < 1.29 is 0 Å². The highest BCUT2D eigenvalue weighted by atomic mass is 15.4. The number of hydrogen-bond acceptors (Lipinski definition) is 2. The minimum absolute atomic E-state index is 0.662. The fourth-order valence-electron chi connectivity index (χ4n) is 6.20. The molecule has 0 saturated heterocycles. The van der Waals surface area contributed by atoms with Gasteiger partial charge in [-0.15, -0.1) is 0 Å². The van der Waals surface area contributed by atoms with Crippen molar-refractivity contribution >= 4 is 17.0 Å². The van der Waals surface area contributed by atoms with Crippen molar-refractivity contribution in [3.63, 3.8) is 0 Å². The van der Waals surface area contributed by atoms with E-state index in [9.17, 15) is 0 Å². The average molecular weight is 464 g/mol. The Hall–Kier alpha value is -4.63. The van der Waals surface area contributed by atoms with Gasteiger partial charge < -0.3 is 5.32 Å². The lowest BCUT2D eigenvalue weighted by Gasteiger charge is -2.48. The van der Waals surface area contributed by atoms with Crippen molar-refractivity contribution in [2.24, 2.45) is 0 Å². The molecule has 3 heteroatoms. The first kappa shape index (κ1) is 20.7. The van der Waals surface area contributed by atoms with Gasteiger partial charge in [0.05, 0.1) is 11.0 Å². The molecule has 0 atom stereocenters. The second-order valence-corrected chi connectivity index (χ2v) is 9.31. The van der Waals surface area contributed by atoms with E-state index in [2.05, 4.69) is 155 Å². The summed E-state index contributed by atoms with van der Waals surface area (Å²) < 4.78 is 2.42. The number of benzene rings is 5. The summed E-state index contributed by atoms with van der Waals surface area (Å²) in [5.74, 6) is 0.858. The van der Waals surface area contributed by atoms with E-state index < -0.39 is 11.1 Å². The van der Waals surface area contributed by atoms with E-state index in [1.807, 2.05) is 0 Å². The van der Waals surface area contributed by atoms with Gasteiger partial charge in [-0.2, -0.15) is 0 Å².